The molecule has 29 heavy (non-hydrogen) atoms. The Morgan fingerprint density at radius 2 is 2.10 bits per heavy atom. The molecule has 1 aliphatic heterocycles. The molecule has 6 heteroatoms. The summed E-state index contributed by atoms with van der Waals surface area (Å²) in [5.41, 5.74) is 1.42. The SMILES string of the molecule is CN=C(NCCCOCc1ccco1)NCC1CCN(CCc2ccccc2)C1. The third kappa shape index (κ3) is 7.91. The quantitative estimate of drug-likeness (QED) is 0.346. The summed E-state index contributed by atoms with van der Waals surface area (Å²) in [6.45, 7) is 6.54. The highest BCUT2D eigenvalue weighted by Crippen LogP contribution is 2.16. The van der Waals surface area contributed by atoms with E-state index in [9.17, 15) is 0 Å². The number of ether oxygens (including phenoxy) is 1. The number of hydrogen-bond donors (Lipinski definition) is 2. The maximum Gasteiger partial charge on any atom is 0.190 e. The van der Waals surface area contributed by atoms with Crippen molar-refractivity contribution in [2.75, 3.05) is 46.4 Å². The van der Waals surface area contributed by atoms with Crippen LogP contribution in [0, 0.1) is 5.92 Å². The van der Waals surface area contributed by atoms with Gasteiger partial charge in [0.05, 0.1) is 6.26 Å². The Kier molecular flexibility index (Phi) is 9.07. The average Bonchev–Trinajstić information content (AvgIpc) is 3.44. The van der Waals surface area contributed by atoms with Gasteiger partial charge in [-0.15, -0.1) is 0 Å². The van der Waals surface area contributed by atoms with Gasteiger partial charge in [-0.05, 0) is 49.4 Å². The Morgan fingerprint density at radius 1 is 1.21 bits per heavy atom. The summed E-state index contributed by atoms with van der Waals surface area (Å²) >= 11 is 0. The first kappa shape index (κ1) is 21.4. The number of nitrogens with one attached hydrogen (secondary N) is 2. The van der Waals surface area contributed by atoms with Crippen LogP contribution in [0.3, 0.4) is 0 Å². The molecule has 0 spiro atoms. The fourth-order valence-corrected chi connectivity index (χ4v) is 3.62. The summed E-state index contributed by atoms with van der Waals surface area (Å²) in [7, 11) is 1.82. The van der Waals surface area contributed by atoms with Crippen LogP contribution in [0.5, 0.6) is 0 Å². The van der Waals surface area contributed by atoms with Gasteiger partial charge >= 0.3 is 0 Å². The van der Waals surface area contributed by atoms with Crippen molar-refractivity contribution in [2.45, 2.75) is 25.9 Å². The average molecular weight is 399 g/mol. The van der Waals surface area contributed by atoms with Crippen LogP contribution in [0.4, 0.5) is 0 Å². The van der Waals surface area contributed by atoms with Crippen molar-refractivity contribution in [2.24, 2.45) is 10.9 Å². The molecule has 158 valence electrons. The van der Waals surface area contributed by atoms with Gasteiger partial charge in [-0.1, -0.05) is 30.3 Å². The van der Waals surface area contributed by atoms with Gasteiger partial charge in [-0.25, -0.2) is 0 Å². The minimum Gasteiger partial charge on any atom is -0.467 e. The molecule has 3 rings (SSSR count). The van der Waals surface area contributed by atoms with Crippen molar-refractivity contribution < 1.29 is 9.15 Å². The van der Waals surface area contributed by atoms with E-state index in [2.05, 4.69) is 50.9 Å². The highest BCUT2D eigenvalue weighted by molar-refractivity contribution is 5.79. The lowest BCUT2D eigenvalue weighted by atomic mass is 10.1. The molecule has 0 aliphatic carbocycles. The second-order valence-corrected chi connectivity index (χ2v) is 7.56. The Hall–Kier alpha value is -2.31. The van der Waals surface area contributed by atoms with Crippen molar-refractivity contribution in [3.63, 3.8) is 0 Å². The molecule has 0 bridgehead atoms. The molecule has 0 amide bonds. The molecule has 1 unspecified atom stereocenters. The van der Waals surface area contributed by atoms with Crippen molar-refractivity contribution in [1.29, 1.82) is 0 Å². The topological polar surface area (TPSA) is 62.0 Å². The molecule has 0 radical (unpaired) electrons. The fourth-order valence-electron chi connectivity index (χ4n) is 3.62. The molecule has 2 heterocycles. The lowest BCUT2D eigenvalue weighted by molar-refractivity contribution is 0.105. The molecule has 0 saturated carbocycles. The van der Waals surface area contributed by atoms with Crippen molar-refractivity contribution in [1.82, 2.24) is 15.5 Å². The molecule has 1 aromatic heterocycles. The monoisotopic (exact) mass is 398 g/mol. The highest BCUT2D eigenvalue weighted by atomic mass is 16.5. The number of benzene rings is 1. The van der Waals surface area contributed by atoms with E-state index in [0.29, 0.717) is 19.1 Å². The van der Waals surface area contributed by atoms with Gasteiger partial charge in [0.1, 0.15) is 12.4 Å². The predicted molar refractivity (Wildman–Crippen MR) is 117 cm³/mol. The van der Waals surface area contributed by atoms with Crippen LogP contribution < -0.4 is 10.6 Å². The summed E-state index contributed by atoms with van der Waals surface area (Å²) in [6.07, 6.45) is 4.98. The number of hydrogen-bond acceptors (Lipinski definition) is 4. The standard InChI is InChI=1S/C23H34N4O2/c1-24-23(25-12-6-15-28-19-22-9-5-16-29-22)26-17-21-11-14-27(18-21)13-10-20-7-3-2-4-8-20/h2-5,7-9,16,21H,6,10-15,17-19H2,1H3,(H2,24,25,26). The largest absolute Gasteiger partial charge is 0.467 e. The first-order valence-corrected chi connectivity index (χ1v) is 10.6. The maximum absolute atomic E-state index is 5.60. The van der Waals surface area contributed by atoms with Gasteiger partial charge in [-0.3, -0.25) is 4.99 Å². The number of aliphatic imine (C=N–C) groups is 1. The third-order valence-electron chi connectivity index (χ3n) is 5.29. The molecule has 6 nitrogen and oxygen atoms in total. The van der Waals surface area contributed by atoms with Crippen LogP contribution in [0.2, 0.25) is 0 Å². The van der Waals surface area contributed by atoms with Crippen molar-refractivity contribution in [3.8, 4) is 0 Å². The van der Waals surface area contributed by atoms with Gasteiger partial charge in [-0.2, -0.15) is 0 Å². The zero-order valence-corrected chi connectivity index (χ0v) is 17.5. The summed E-state index contributed by atoms with van der Waals surface area (Å²) in [5.74, 6) is 2.42. The van der Waals surface area contributed by atoms with Crippen LogP contribution in [0.15, 0.2) is 58.1 Å². The zero-order chi connectivity index (χ0) is 20.2. The van der Waals surface area contributed by atoms with Crippen LogP contribution in [0.1, 0.15) is 24.2 Å². The second kappa shape index (κ2) is 12.3. The Morgan fingerprint density at radius 3 is 2.90 bits per heavy atom. The summed E-state index contributed by atoms with van der Waals surface area (Å²) < 4.78 is 10.9. The molecule has 2 aromatic rings. The number of nitrogens with zero attached hydrogens (tertiary/aromatic N) is 2. The smallest absolute Gasteiger partial charge is 0.190 e. The van der Waals surface area contributed by atoms with Gasteiger partial charge in [0.2, 0.25) is 0 Å². The van der Waals surface area contributed by atoms with E-state index in [1.54, 1.807) is 6.26 Å². The lowest BCUT2D eigenvalue weighted by Gasteiger charge is -2.17. The van der Waals surface area contributed by atoms with E-state index >= 15 is 0 Å². The minimum atomic E-state index is 0.530. The zero-order valence-electron chi connectivity index (χ0n) is 17.5. The normalized spacial score (nSPS) is 17.6. The Bertz CT molecular complexity index is 703. The summed E-state index contributed by atoms with van der Waals surface area (Å²) in [6, 6.07) is 14.6. The summed E-state index contributed by atoms with van der Waals surface area (Å²) in [4.78, 5) is 6.90. The lowest BCUT2D eigenvalue weighted by Crippen LogP contribution is -2.40. The summed E-state index contributed by atoms with van der Waals surface area (Å²) in [5, 5.41) is 6.84. The third-order valence-corrected chi connectivity index (χ3v) is 5.29. The molecular weight excluding hydrogens is 364 g/mol. The molecule has 1 aliphatic rings. The predicted octanol–water partition coefficient (Wildman–Crippen LogP) is 2.92. The van der Waals surface area contributed by atoms with Crippen molar-refractivity contribution in [3.05, 3.63) is 60.1 Å². The fraction of sp³-hybridized carbons (Fsp3) is 0.522. The van der Waals surface area contributed by atoms with Crippen LogP contribution in [-0.2, 0) is 17.8 Å². The van der Waals surface area contributed by atoms with Crippen LogP contribution in [0.25, 0.3) is 0 Å². The van der Waals surface area contributed by atoms with Crippen molar-refractivity contribution >= 4 is 5.96 Å². The van der Waals surface area contributed by atoms with Crippen LogP contribution >= 0.6 is 0 Å². The van der Waals surface area contributed by atoms with E-state index < -0.39 is 0 Å². The molecule has 1 atom stereocenters. The first-order valence-electron chi connectivity index (χ1n) is 10.6. The van der Waals surface area contributed by atoms with Gasteiger partial charge in [0, 0.05) is 39.8 Å². The van der Waals surface area contributed by atoms with E-state index in [0.717, 1.165) is 50.7 Å². The highest BCUT2D eigenvalue weighted by Gasteiger charge is 2.22. The molecular formula is C23H34N4O2. The minimum absolute atomic E-state index is 0.530. The number of furan rings is 1. The molecule has 2 N–H and O–H groups in total. The number of likely N-dealkylation sites (tertiary alicyclic amines) is 1. The van der Waals surface area contributed by atoms with Gasteiger partial charge in [0.25, 0.3) is 0 Å². The molecule has 1 aromatic carbocycles. The van der Waals surface area contributed by atoms with E-state index in [4.69, 9.17) is 9.15 Å². The van der Waals surface area contributed by atoms with E-state index in [-0.39, 0.29) is 0 Å². The second-order valence-electron chi connectivity index (χ2n) is 7.56. The van der Waals surface area contributed by atoms with Gasteiger partial charge in [0.15, 0.2) is 5.96 Å². The first-order chi connectivity index (χ1) is 14.3. The maximum atomic E-state index is 5.60. The molecule has 1 saturated heterocycles. The Labute approximate surface area is 174 Å². The number of rotatable bonds is 11. The van der Waals surface area contributed by atoms with Crippen LogP contribution in [-0.4, -0.2) is 57.2 Å². The number of guanidine groups is 1. The van der Waals surface area contributed by atoms with E-state index in [1.165, 1.54) is 18.5 Å². The Balaban J connectivity index is 1.23. The molecule has 1 fully saturated rings. The van der Waals surface area contributed by atoms with E-state index in [1.807, 2.05) is 19.2 Å². The van der Waals surface area contributed by atoms with Gasteiger partial charge < -0.3 is 24.7 Å².